The van der Waals surface area contributed by atoms with Gasteiger partial charge in [-0.05, 0) is 31.0 Å². The Kier molecular flexibility index (Phi) is 4.10. The van der Waals surface area contributed by atoms with Gasteiger partial charge < -0.3 is 5.32 Å². The maximum Gasteiger partial charge on any atom is 0.231 e. The van der Waals surface area contributed by atoms with E-state index < -0.39 is 0 Å². The van der Waals surface area contributed by atoms with Crippen LogP contribution in [0.2, 0.25) is 0 Å². The largest absolute Gasteiger partial charge is 0.326 e. The van der Waals surface area contributed by atoms with Crippen LogP contribution in [0, 0.1) is 6.92 Å². The Morgan fingerprint density at radius 2 is 2.06 bits per heavy atom. The van der Waals surface area contributed by atoms with Crippen LogP contribution in [0.4, 0.5) is 5.69 Å². The van der Waals surface area contributed by atoms with E-state index in [1.165, 1.54) is 16.9 Å². The molecule has 1 heterocycles. The Hall–Kier alpha value is -1.68. The smallest absolute Gasteiger partial charge is 0.231 e. The van der Waals surface area contributed by atoms with E-state index in [1.54, 1.807) is 0 Å². The summed E-state index contributed by atoms with van der Waals surface area (Å²) in [7, 11) is 0. The second kappa shape index (κ2) is 5.78. The highest BCUT2D eigenvalue weighted by molar-refractivity contribution is 7.09. The third kappa shape index (κ3) is 3.40. The van der Waals surface area contributed by atoms with Crippen LogP contribution in [0.5, 0.6) is 0 Å². The summed E-state index contributed by atoms with van der Waals surface area (Å²) in [6.07, 6.45) is 1.35. The number of rotatable bonds is 4. The Balaban J connectivity index is 1.94. The van der Waals surface area contributed by atoms with Crippen molar-refractivity contribution in [3.05, 3.63) is 45.9 Å². The minimum Gasteiger partial charge on any atom is -0.326 e. The van der Waals surface area contributed by atoms with Gasteiger partial charge in [0.25, 0.3) is 0 Å². The third-order valence-corrected chi connectivity index (χ3v) is 3.59. The molecule has 2 rings (SSSR count). The van der Waals surface area contributed by atoms with Gasteiger partial charge in [-0.25, -0.2) is 4.98 Å². The molecule has 0 spiro atoms. The van der Waals surface area contributed by atoms with E-state index in [0.29, 0.717) is 6.42 Å². The predicted octanol–water partition coefficient (Wildman–Crippen LogP) is 3.20. The molecule has 0 unspecified atom stereocenters. The number of aromatic nitrogens is 1. The molecule has 0 aliphatic heterocycles. The van der Waals surface area contributed by atoms with Crippen LogP contribution >= 0.6 is 11.3 Å². The molecule has 1 aromatic carbocycles. The van der Waals surface area contributed by atoms with Crippen LogP contribution in [-0.4, -0.2) is 10.9 Å². The van der Waals surface area contributed by atoms with Gasteiger partial charge in [-0.1, -0.05) is 19.1 Å². The summed E-state index contributed by atoms with van der Waals surface area (Å²) in [5, 5.41) is 5.69. The quantitative estimate of drug-likeness (QED) is 0.917. The van der Waals surface area contributed by atoms with Crippen LogP contribution in [0.3, 0.4) is 0 Å². The highest BCUT2D eigenvalue weighted by Crippen LogP contribution is 2.12. The number of carbonyl (C=O) groups is 1. The Bertz CT molecular complexity index is 531. The molecule has 4 heteroatoms. The molecule has 0 fully saturated rings. The van der Waals surface area contributed by atoms with Crippen molar-refractivity contribution in [3.8, 4) is 0 Å². The first-order chi connectivity index (χ1) is 8.67. The van der Waals surface area contributed by atoms with Crippen LogP contribution in [0.15, 0.2) is 29.6 Å². The molecule has 0 atom stereocenters. The van der Waals surface area contributed by atoms with Gasteiger partial charge in [-0.2, -0.15) is 0 Å². The van der Waals surface area contributed by atoms with E-state index in [4.69, 9.17) is 0 Å². The first-order valence-corrected chi connectivity index (χ1v) is 6.85. The van der Waals surface area contributed by atoms with Crippen molar-refractivity contribution < 1.29 is 4.79 Å². The second-order valence-corrected chi connectivity index (χ2v) is 5.10. The lowest BCUT2D eigenvalue weighted by Gasteiger charge is -2.04. The second-order valence-electron chi connectivity index (χ2n) is 4.16. The molecule has 18 heavy (non-hydrogen) atoms. The summed E-state index contributed by atoms with van der Waals surface area (Å²) in [6, 6.07) is 7.93. The van der Waals surface area contributed by atoms with Gasteiger partial charge in [0, 0.05) is 16.8 Å². The summed E-state index contributed by atoms with van der Waals surface area (Å²) in [5.74, 6) is -0.0198. The fourth-order valence-electron chi connectivity index (χ4n) is 1.65. The highest BCUT2D eigenvalue weighted by atomic mass is 32.1. The lowest BCUT2D eigenvalue weighted by molar-refractivity contribution is -0.115. The lowest BCUT2D eigenvalue weighted by Crippen LogP contribution is -2.14. The number of anilines is 1. The number of amides is 1. The highest BCUT2D eigenvalue weighted by Gasteiger charge is 2.07. The normalized spacial score (nSPS) is 10.3. The maximum absolute atomic E-state index is 11.8. The molecule has 1 aromatic heterocycles. The summed E-state index contributed by atoms with van der Waals surface area (Å²) < 4.78 is 0. The van der Waals surface area contributed by atoms with Crippen molar-refractivity contribution in [1.82, 2.24) is 4.98 Å². The zero-order valence-corrected chi connectivity index (χ0v) is 11.4. The average Bonchev–Trinajstić information content (AvgIpc) is 2.75. The fourth-order valence-corrected chi connectivity index (χ4v) is 2.42. The van der Waals surface area contributed by atoms with Crippen molar-refractivity contribution in [2.45, 2.75) is 26.7 Å². The lowest BCUT2D eigenvalue weighted by atomic mass is 10.1. The number of thiazole rings is 1. The molecule has 0 aliphatic carbocycles. The number of hydrogen-bond donors (Lipinski definition) is 1. The number of carbonyl (C=O) groups excluding carboxylic acids is 1. The van der Waals surface area contributed by atoms with Gasteiger partial charge in [0.05, 0.1) is 6.42 Å². The van der Waals surface area contributed by atoms with Crippen molar-refractivity contribution in [3.63, 3.8) is 0 Å². The molecule has 0 saturated heterocycles. The van der Waals surface area contributed by atoms with E-state index in [1.807, 2.05) is 36.6 Å². The predicted molar refractivity (Wildman–Crippen MR) is 75.0 cm³/mol. The summed E-state index contributed by atoms with van der Waals surface area (Å²) in [5.41, 5.74) is 3.07. The summed E-state index contributed by atoms with van der Waals surface area (Å²) in [4.78, 5) is 16.1. The zero-order chi connectivity index (χ0) is 13.0. The maximum atomic E-state index is 11.8. The van der Waals surface area contributed by atoms with Crippen LogP contribution in [-0.2, 0) is 17.6 Å². The van der Waals surface area contributed by atoms with Crippen LogP contribution in [0.1, 0.15) is 23.2 Å². The number of aryl methyl sites for hydroxylation is 2. The molecule has 1 N–H and O–H groups in total. The molecule has 0 aliphatic rings. The molecule has 0 bridgehead atoms. The number of nitrogens with one attached hydrogen (secondary N) is 1. The SMILES string of the molecule is CCc1ccc(NC(=O)Cc2nc(C)cs2)cc1. The van der Waals surface area contributed by atoms with Crippen molar-refractivity contribution in [2.75, 3.05) is 5.32 Å². The molecular formula is C14H16N2OS. The van der Waals surface area contributed by atoms with Crippen LogP contribution < -0.4 is 5.32 Å². The van der Waals surface area contributed by atoms with E-state index in [9.17, 15) is 4.79 Å². The number of nitrogens with zero attached hydrogens (tertiary/aromatic N) is 1. The molecule has 3 nitrogen and oxygen atoms in total. The van der Waals surface area contributed by atoms with E-state index in [-0.39, 0.29) is 5.91 Å². The van der Waals surface area contributed by atoms with Crippen molar-refractivity contribution >= 4 is 22.9 Å². The Labute approximate surface area is 111 Å². The van der Waals surface area contributed by atoms with Gasteiger partial charge >= 0.3 is 0 Å². The first kappa shape index (κ1) is 12.8. The topological polar surface area (TPSA) is 42.0 Å². The molecule has 0 radical (unpaired) electrons. The Morgan fingerprint density at radius 1 is 1.33 bits per heavy atom. The van der Waals surface area contributed by atoms with Gasteiger partial charge in [0.2, 0.25) is 5.91 Å². The monoisotopic (exact) mass is 260 g/mol. The Morgan fingerprint density at radius 3 is 2.61 bits per heavy atom. The summed E-state index contributed by atoms with van der Waals surface area (Å²) >= 11 is 1.52. The molecule has 0 saturated carbocycles. The van der Waals surface area contributed by atoms with Gasteiger partial charge in [-0.3, -0.25) is 4.79 Å². The number of hydrogen-bond acceptors (Lipinski definition) is 3. The molecule has 2 aromatic rings. The summed E-state index contributed by atoms with van der Waals surface area (Å²) in [6.45, 7) is 4.04. The van der Waals surface area contributed by atoms with Crippen molar-refractivity contribution in [1.29, 1.82) is 0 Å². The fraction of sp³-hybridized carbons (Fsp3) is 0.286. The molecule has 94 valence electrons. The van der Waals surface area contributed by atoms with Gasteiger partial charge in [-0.15, -0.1) is 11.3 Å². The molecule has 1 amide bonds. The van der Waals surface area contributed by atoms with E-state index >= 15 is 0 Å². The van der Waals surface area contributed by atoms with Crippen LogP contribution in [0.25, 0.3) is 0 Å². The van der Waals surface area contributed by atoms with E-state index in [0.717, 1.165) is 22.8 Å². The van der Waals surface area contributed by atoms with Gasteiger partial charge in [0.1, 0.15) is 5.01 Å². The third-order valence-electron chi connectivity index (χ3n) is 2.62. The van der Waals surface area contributed by atoms with Gasteiger partial charge in [0.15, 0.2) is 0 Å². The first-order valence-electron chi connectivity index (χ1n) is 5.97. The van der Waals surface area contributed by atoms with Crippen molar-refractivity contribution in [2.24, 2.45) is 0 Å². The number of benzene rings is 1. The minimum atomic E-state index is -0.0198. The molecular weight excluding hydrogens is 244 g/mol. The standard InChI is InChI=1S/C14H16N2OS/c1-3-11-4-6-12(7-5-11)16-13(17)8-14-15-10(2)9-18-14/h4-7,9H,3,8H2,1-2H3,(H,16,17). The van der Waals surface area contributed by atoms with E-state index in [2.05, 4.69) is 17.2 Å². The zero-order valence-electron chi connectivity index (χ0n) is 10.6. The minimum absolute atomic E-state index is 0.0198. The average molecular weight is 260 g/mol.